The van der Waals surface area contributed by atoms with Crippen molar-refractivity contribution in [2.24, 2.45) is 0 Å². The van der Waals surface area contributed by atoms with E-state index >= 15 is 0 Å². The highest BCUT2D eigenvalue weighted by atomic mass is 16.7. The van der Waals surface area contributed by atoms with E-state index < -0.39 is 0 Å². The van der Waals surface area contributed by atoms with E-state index in [9.17, 15) is 0 Å². The molecular formula is C17H29NO2. The van der Waals surface area contributed by atoms with E-state index in [2.05, 4.69) is 43.4 Å². The Morgan fingerprint density at radius 1 is 1.05 bits per heavy atom. The SMILES string of the molecule is CCCNC(Cc1ccccc1C)C(OCC)OCC. The second kappa shape index (κ2) is 9.92. The maximum atomic E-state index is 5.77. The number of nitrogens with one attached hydrogen (secondary N) is 1. The minimum absolute atomic E-state index is 0.184. The van der Waals surface area contributed by atoms with Crippen LogP contribution in [0.1, 0.15) is 38.3 Å². The fraction of sp³-hybridized carbons (Fsp3) is 0.647. The molecule has 0 bridgehead atoms. The summed E-state index contributed by atoms with van der Waals surface area (Å²) in [5, 5.41) is 3.56. The smallest absolute Gasteiger partial charge is 0.172 e. The molecule has 3 nitrogen and oxygen atoms in total. The summed E-state index contributed by atoms with van der Waals surface area (Å²) in [6.07, 6.45) is 1.85. The quantitative estimate of drug-likeness (QED) is 0.667. The largest absolute Gasteiger partial charge is 0.351 e. The van der Waals surface area contributed by atoms with Crippen LogP contribution in [0.15, 0.2) is 24.3 Å². The van der Waals surface area contributed by atoms with Crippen molar-refractivity contribution in [3.05, 3.63) is 35.4 Å². The molecule has 1 aromatic carbocycles. The van der Waals surface area contributed by atoms with E-state index in [0.717, 1.165) is 19.4 Å². The Bertz CT molecular complexity index is 362. The second-order valence-corrected chi connectivity index (χ2v) is 4.97. The van der Waals surface area contributed by atoms with Gasteiger partial charge in [0, 0.05) is 13.2 Å². The molecule has 114 valence electrons. The standard InChI is InChI=1S/C17H29NO2/c1-5-12-18-16(17(19-6-2)20-7-3)13-15-11-9-8-10-14(15)4/h8-11,16-18H,5-7,12-13H2,1-4H3. The molecule has 0 radical (unpaired) electrons. The minimum Gasteiger partial charge on any atom is -0.351 e. The molecule has 1 rings (SSSR count). The first-order chi connectivity index (χ1) is 9.72. The van der Waals surface area contributed by atoms with Crippen LogP contribution in [-0.2, 0) is 15.9 Å². The van der Waals surface area contributed by atoms with Crippen LogP contribution < -0.4 is 5.32 Å². The molecular weight excluding hydrogens is 250 g/mol. The summed E-state index contributed by atoms with van der Waals surface area (Å²) in [6.45, 7) is 10.7. The summed E-state index contributed by atoms with van der Waals surface area (Å²) in [6, 6.07) is 8.70. The Balaban J connectivity index is 2.78. The van der Waals surface area contributed by atoms with Gasteiger partial charge in [-0.15, -0.1) is 0 Å². The molecule has 1 unspecified atom stereocenters. The van der Waals surface area contributed by atoms with Crippen LogP contribution in [0.25, 0.3) is 0 Å². The van der Waals surface area contributed by atoms with E-state index in [-0.39, 0.29) is 12.3 Å². The molecule has 0 heterocycles. The lowest BCUT2D eigenvalue weighted by Gasteiger charge is -2.28. The molecule has 1 aromatic rings. The number of rotatable bonds is 10. The van der Waals surface area contributed by atoms with E-state index in [1.807, 2.05) is 13.8 Å². The normalized spacial score (nSPS) is 12.8. The third-order valence-electron chi connectivity index (χ3n) is 3.35. The molecule has 0 aliphatic carbocycles. The van der Waals surface area contributed by atoms with Gasteiger partial charge in [0.25, 0.3) is 0 Å². The summed E-state index contributed by atoms with van der Waals surface area (Å²) in [4.78, 5) is 0. The second-order valence-electron chi connectivity index (χ2n) is 4.97. The summed E-state index contributed by atoms with van der Waals surface area (Å²) in [5.74, 6) is 0. The van der Waals surface area contributed by atoms with Gasteiger partial charge in [-0.1, -0.05) is 31.2 Å². The predicted octanol–water partition coefficient (Wildman–Crippen LogP) is 3.30. The summed E-state index contributed by atoms with van der Waals surface area (Å²) >= 11 is 0. The first-order valence-corrected chi connectivity index (χ1v) is 7.73. The van der Waals surface area contributed by atoms with Gasteiger partial charge in [-0.3, -0.25) is 0 Å². The Morgan fingerprint density at radius 3 is 2.25 bits per heavy atom. The lowest BCUT2D eigenvalue weighted by molar-refractivity contribution is -0.153. The summed E-state index contributed by atoms with van der Waals surface area (Å²) in [7, 11) is 0. The van der Waals surface area contributed by atoms with Gasteiger partial charge >= 0.3 is 0 Å². The Morgan fingerprint density at radius 2 is 1.70 bits per heavy atom. The Hall–Kier alpha value is -0.900. The average Bonchev–Trinajstić information content (AvgIpc) is 2.45. The van der Waals surface area contributed by atoms with Crippen LogP contribution in [-0.4, -0.2) is 32.1 Å². The molecule has 0 aliphatic heterocycles. The summed E-state index contributed by atoms with van der Waals surface area (Å²) < 4.78 is 11.5. The van der Waals surface area contributed by atoms with Gasteiger partial charge < -0.3 is 14.8 Å². The Labute approximate surface area is 123 Å². The zero-order chi connectivity index (χ0) is 14.8. The first kappa shape index (κ1) is 17.2. The highest BCUT2D eigenvalue weighted by Gasteiger charge is 2.22. The maximum absolute atomic E-state index is 5.77. The van der Waals surface area contributed by atoms with Crippen molar-refractivity contribution in [3.63, 3.8) is 0 Å². The highest BCUT2D eigenvalue weighted by molar-refractivity contribution is 5.26. The van der Waals surface area contributed by atoms with Gasteiger partial charge in [0.15, 0.2) is 6.29 Å². The topological polar surface area (TPSA) is 30.5 Å². The number of hydrogen-bond acceptors (Lipinski definition) is 3. The number of ether oxygens (including phenoxy) is 2. The average molecular weight is 279 g/mol. The molecule has 0 spiro atoms. The van der Waals surface area contributed by atoms with Crippen LogP contribution in [0.3, 0.4) is 0 Å². The third-order valence-corrected chi connectivity index (χ3v) is 3.35. The lowest BCUT2D eigenvalue weighted by atomic mass is 10.0. The van der Waals surface area contributed by atoms with Crippen molar-refractivity contribution >= 4 is 0 Å². The third kappa shape index (κ3) is 5.61. The van der Waals surface area contributed by atoms with Crippen LogP contribution in [0.5, 0.6) is 0 Å². The molecule has 0 amide bonds. The number of hydrogen-bond donors (Lipinski definition) is 1. The van der Waals surface area contributed by atoms with Gasteiger partial charge in [0.1, 0.15) is 0 Å². The zero-order valence-electron chi connectivity index (χ0n) is 13.3. The van der Waals surface area contributed by atoms with E-state index in [1.54, 1.807) is 0 Å². The number of aryl methyl sites for hydroxylation is 1. The van der Waals surface area contributed by atoms with Crippen molar-refractivity contribution in [1.82, 2.24) is 5.32 Å². The van der Waals surface area contributed by atoms with Gasteiger partial charge in [0.2, 0.25) is 0 Å². The zero-order valence-corrected chi connectivity index (χ0v) is 13.3. The maximum Gasteiger partial charge on any atom is 0.172 e. The molecule has 0 aliphatic rings. The minimum atomic E-state index is -0.184. The molecule has 1 atom stereocenters. The van der Waals surface area contributed by atoms with Gasteiger partial charge in [0.05, 0.1) is 6.04 Å². The molecule has 1 N–H and O–H groups in total. The first-order valence-electron chi connectivity index (χ1n) is 7.73. The van der Waals surface area contributed by atoms with Crippen molar-refractivity contribution in [3.8, 4) is 0 Å². The molecule has 20 heavy (non-hydrogen) atoms. The predicted molar refractivity (Wildman–Crippen MR) is 84.0 cm³/mol. The van der Waals surface area contributed by atoms with Crippen molar-refractivity contribution < 1.29 is 9.47 Å². The van der Waals surface area contributed by atoms with Gasteiger partial charge in [-0.25, -0.2) is 0 Å². The van der Waals surface area contributed by atoms with E-state index in [4.69, 9.17) is 9.47 Å². The van der Waals surface area contributed by atoms with Crippen molar-refractivity contribution in [2.75, 3.05) is 19.8 Å². The van der Waals surface area contributed by atoms with Crippen LogP contribution in [0.2, 0.25) is 0 Å². The molecule has 3 heteroatoms. The van der Waals surface area contributed by atoms with Crippen LogP contribution in [0, 0.1) is 6.92 Å². The molecule has 0 fully saturated rings. The van der Waals surface area contributed by atoms with Crippen LogP contribution >= 0.6 is 0 Å². The fourth-order valence-electron chi connectivity index (χ4n) is 2.28. The van der Waals surface area contributed by atoms with Crippen LogP contribution in [0.4, 0.5) is 0 Å². The van der Waals surface area contributed by atoms with E-state index in [1.165, 1.54) is 11.1 Å². The summed E-state index contributed by atoms with van der Waals surface area (Å²) in [5.41, 5.74) is 2.67. The molecule has 0 saturated carbocycles. The van der Waals surface area contributed by atoms with Gasteiger partial charge in [-0.2, -0.15) is 0 Å². The number of benzene rings is 1. The highest BCUT2D eigenvalue weighted by Crippen LogP contribution is 2.14. The van der Waals surface area contributed by atoms with Gasteiger partial charge in [-0.05, 0) is 51.3 Å². The monoisotopic (exact) mass is 279 g/mol. The van der Waals surface area contributed by atoms with Crippen molar-refractivity contribution in [2.45, 2.75) is 52.9 Å². The Kier molecular flexibility index (Phi) is 8.51. The van der Waals surface area contributed by atoms with Crippen molar-refractivity contribution in [1.29, 1.82) is 0 Å². The fourth-order valence-corrected chi connectivity index (χ4v) is 2.28. The molecule has 0 aromatic heterocycles. The lowest BCUT2D eigenvalue weighted by Crippen LogP contribution is -2.45. The van der Waals surface area contributed by atoms with E-state index in [0.29, 0.717) is 13.2 Å². The molecule has 0 saturated heterocycles.